The van der Waals surface area contributed by atoms with Crippen LogP contribution in [0.15, 0.2) is 91.0 Å². The number of fused-ring (bicyclic) bond motifs is 1. The Labute approximate surface area is 311 Å². The molecule has 1 unspecified atom stereocenters. The van der Waals surface area contributed by atoms with Crippen molar-refractivity contribution in [2.75, 3.05) is 44.2 Å². The predicted octanol–water partition coefficient (Wildman–Crippen LogP) is 6.29. The number of imide groups is 1. The van der Waals surface area contributed by atoms with E-state index in [4.69, 9.17) is 9.72 Å². The molecule has 4 heterocycles. The monoisotopic (exact) mass is 713 g/mol. The quantitative estimate of drug-likeness (QED) is 0.0945. The average molecular weight is 714 g/mol. The van der Waals surface area contributed by atoms with E-state index in [1.165, 1.54) is 11.1 Å². The van der Waals surface area contributed by atoms with Crippen molar-refractivity contribution in [1.29, 1.82) is 0 Å². The van der Waals surface area contributed by atoms with Gasteiger partial charge in [0.1, 0.15) is 23.4 Å². The summed E-state index contributed by atoms with van der Waals surface area (Å²) in [7, 11) is 0. The highest BCUT2D eigenvalue weighted by Gasteiger charge is 2.40. The summed E-state index contributed by atoms with van der Waals surface area (Å²) in [6.45, 7) is 7.82. The summed E-state index contributed by atoms with van der Waals surface area (Å²) in [5.41, 5.74) is 7.02. The highest BCUT2D eigenvalue weighted by Crippen LogP contribution is 2.36. The number of unbranched alkanes of at least 4 members (excludes halogenated alkanes) is 2. The largest absolute Gasteiger partial charge is 0.508 e. The van der Waals surface area contributed by atoms with Crippen molar-refractivity contribution in [3.63, 3.8) is 0 Å². The number of ether oxygens (including phenoxy) is 1. The van der Waals surface area contributed by atoms with Gasteiger partial charge in [0.2, 0.25) is 11.8 Å². The highest BCUT2D eigenvalue weighted by molar-refractivity contribution is 6.05. The normalized spacial score (nSPS) is 18.1. The number of hydrogen-bond donors (Lipinski definition) is 2. The number of nitrogens with one attached hydrogen (secondary N) is 1. The van der Waals surface area contributed by atoms with Gasteiger partial charge in [-0.25, -0.2) is 4.98 Å². The Morgan fingerprint density at radius 3 is 2.25 bits per heavy atom. The molecule has 7 rings (SSSR count). The zero-order chi connectivity index (χ0) is 36.7. The van der Waals surface area contributed by atoms with E-state index in [1.54, 1.807) is 17.0 Å². The van der Waals surface area contributed by atoms with Gasteiger partial charge in [-0.05, 0) is 103 Å². The summed E-state index contributed by atoms with van der Waals surface area (Å²) in [5, 5.41) is 12.3. The molecule has 0 spiro atoms. The summed E-state index contributed by atoms with van der Waals surface area (Å²) >= 11 is 0. The minimum absolute atomic E-state index is 0.195. The first-order valence-electron chi connectivity index (χ1n) is 18.8. The average Bonchev–Trinajstić information content (AvgIpc) is 3.51. The molecule has 0 aliphatic carbocycles. The molecule has 274 valence electrons. The lowest BCUT2D eigenvalue weighted by Crippen LogP contribution is -2.52. The molecule has 1 atom stereocenters. The molecule has 10 heteroatoms. The van der Waals surface area contributed by atoms with Crippen LogP contribution in [0.25, 0.3) is 11.1 Å². The molecule has 3 amide bonds. The number of nitrogens with zero attached hydrogens (tertiary/aromatic N) is 4. The van der Waals surface area contributed by atoms with Gasteiger partial charge in [0.25, 0.3) is 5.91 Å². The van der Waals surface area contributed by atoms with Crippen molar-refractivity contribution in [3.8, 4) is 11.5 Å². The number of amides is 3. The summed E-state index contributed by atoms with van der Waals surface area (Å²) in [4.78, 5) is 48.1. The smallest absolute Gasteiger partial charge is 0.256 e. The van der Waals surface area contributed by atoms with Crippen molar-refractivity contribution in [1.82, 2.24) is 20.1 Å². The maximum Gasteiger partial charge on any atom is 0.256 e. The molecule has 3 aromatic carbocycles. The molecular weight excluding hydrogens is 667 g/mol. The predicted molar refractivity (Wildman–Crippen MR) is 205 cm³/mol. The Balaban J connectivity index is 0.852. The van der Waals surface area contributed by atoms with Crippen LogP contribution < -0.4 is 15.0 Å². The van der Waals surface area contributed by atoms with Crippen molar-refractivity contribution in [3.05, 3.63) is 119 Å². The van der Waals surface area contributed by atoms with E-state index in [1.807, 2.05) is 30.3 Å². The van der Waals surface area contributed by atoms with Crippen LogP contribution in [-0.4, -0.2) is 83.0 Å². The third kappa shape index (κ3) is 8.28. The van der Waals surface area contributed by atoms with Crippen molar-refractivity contribution < 1.29 is 24.2 Å². The van der Waals surface area contributed by atoms with E-state index < -0.39 is 11.9 Å². The Morgan fingerprint density at radius 1 is 0.830 bits per heavy atom. The van der Waals surface area contributed by atoms with Gasteiger partial charge in [-0.3, -0.25) is 24.6 Å². The number of aromatic hydroxyl groups is 1. The van der Waals surface area contributed by atoms with Gasteiger partial charge < -0.3 is 19.6 Å². The Bertz CT molecular complexity index is 1950. The molecule has 2 saturated heterocycles. The van der Waals surface area contributed by atoms with Crippen molar-refractivity contribution in [2.24, 2.45) is 0 Å². The summed E-state index contributed by atoms with van der Waals surface area (Å²) in [6, 6.07) is 29.4. The number of piperidine rings is 1. The second-order valence-corrected chi connectivity index (χ2v) is 13.9. The van der Waals surface area contributed by atoms with Gasteiger partial charge in [-0.1, -0.05) is 61.5 Å². The SMILES string of the molecule is CC/C(=C(\c1ccc(O)cc1)c1ccc(OCCCCCN2CCN(c3ccc4c(n3)CN(C3CCC(=O)NC3=O)C4=O)CC2)cc1)c1ccccc1. The maximum absolute atomic E-state index is 13.0. The topological polar surface area (TPSA) is 115 Å². The fraction of sp³-hybridized carbons (Fsp3) is 0.349. The van der Waals surface area contributed by atoms with E-state index in [0.29, 0.717) is 24.3 Å². The Morgan fingerprint density at radius 2 is 1.55 bits per heavy atom. The van der Waals surface area contributed by atoms with Crippen LogP contribution >= 0.6 is 0 Å². The van der Waals surface area contributed by atoms with E-state index in [9.17, 15) is 19.5 Å². The van der Waals surface area contributed by atoms with Gasteiger partial charge in [-0.2, -0.15) is 0 Å². The number of phenolic OH excluding ortho intramolecular Hbond substituents is 1. The number of carbonyl (C=O) groups is 3. The fourth-order valence-corrected chi connectivity index (χ4v) is 7.63. The van der Waals surface area contributed by atoms with Crippen LogP contribution in [0.1, 0.15) is 78.2 Å². The molecule has 2 N–H and O–H groups in total. The third-order valence-corrected chi connectivity index (χ3v) is 10.5. The number of allylic oxidation sites excluding steroid dienone is 1. The van der Waals surface area contributed by atoms with Crippen LogP contribution in [0.2, 0.25) is 0 Å². The second-order valence-electron chi connectivity index (χ2n) is 13.9. The number of pyridine rings is 1. The van der Waals surface area contributed by atoms with Crippen LogP contribution in [0.5, 0.6) is 11.5 Å². The number of phenols is 1. The molecule has 2 fully saturated rings. The Kier molecular flexibility index (Phi) is 11.2. The first-order valence-corrected chi connectivity index (χ1v) is 18.8. The van der Waals surface area contributed by atoms with Crippen LogP contribution in [0.3, 0.4) is 0 Å². The lowest BCUT2D eigenvalue weighted by molar-refractivity contribution is -0.136. The number of piperazine rings is 1. The number of aromatic nitrogens is 1. The lowest BCUT2D eigenvalue weighted by Gasteiger charge is -2.35. The molecule has 10 nitrogen and oxygen atoms in total. The number of carbonyl (C=O) groups excluding carboxylic acids is 3. The molecular formula is C43H47N5O5. The lowest BCUT2D eigenvalue weighted by atomic mass is 9.88. The van der Waals surface area contributed by atoms with Gasteiger partial charge in [0.05, 0.1) is 24.4 Å². The third-order valence-electron chi connectivity index (χ3n) is 10.5. The minimum atomic E-state index is -0.631. The Hall–Kier alpha value is -5.48. The van der Waals surface area contributed by atoms with Gasteiger partial charge >= 0.3 is 0 Å². The molecule has 4 aromatic rings. The van der Waals surface area contributed by atoms with Gasteiger partial charge in [-0.15, -0.1) is 0 Å². The second kappa shape index (κ2) is 16.5. The fourth-order valence-electron chi connectivity index (χ4n) is 7.63. The number of benzene rings is 3. The minimum Gasteiger partial charge on any atom is -0.508 e. The van der Waals surface area contributed by atoms with Gasteiger partial charge in [0, 0.05) is 32.6 Å². The first kappa shape index (κ1) is 35.9. The highest BCUT2D eigenvalue weighted by atomic mass is 16.5. The molecule has 1 aromatic heterocycles. The summed E-state index contributed by atoms with van der Waals surface area (Å²) in [6.07, 6.45) is 4.64. The summed E-state index contributed by atoms with van der Waals surface area (Å²) in [5.74, 6) is 1.09. The van der Waals surface area contributed by atoms with Crippen LogP contribution in [0.4, 0.5) is 5.82 Å². The standard InChI is InChI=1S/C43H47N5O5/c1-2-35(30-9-5-3-6-10-30)41(31-11-15-33(49)16-12-31)32-13-17-34(18-14-32)53-28-8-4-7-23-46-24-26-47(27-25-46)39-21-19-36-37(44-39)29-48(43(36)52)38-20-22-40(50)45-42(38)51/h3,5-6,9-19,21,38,49H,2,4,7-8,20,22-29H2,1H3,(H,45,50,51)/b41-35-. The molecule has 3 aliphatic heterocycles. The van der Waals surface area contributed by atoms with Crippen LogP contribution in [-0.2, 0) is 16.1 Å². The van der Waals surface area contributed by atoms with Gasteiger partial charge in [0.15, 0.2) is 0 Å². The van der Waals surface area contributed by atoms with E-state index in [0.717, 1.165) is 86.7 Å². The number of anilines is 1. The van der Waals surface area contributed by atoms with E-state index >= 15 is 0 Å². The molecule has 0 saturated carbocycles. The van der Waals surface area contributed by atoms with Crippen LogP contribution in [0, 0.1) is 0 Å². The van der Waals surface area contributed by atoms with Crippen molar-refractivity contribution >= 4 is 34.7 Å². The number of hydrogen-bond acceptors (Lipinski definition) is 8. The zero-order valence-electron chi connectivity index (χ0n) is 30.3. The molecule has 53 heavy (non-hydrogen) atoms. The van der Waals surface area contributed by atoms with Crippen molar-refractivity contribution in [2.45, 2.75) is 58.0 Å². The van der Waals surface area contributed by atoms with E-state index in [2.05, 4.69) is 70.6 Å². The molecule has 0 bridgehead atoms. The zero-order valence-corrected chi connectivity index (χ0v) is 30.3. The maximum atomic E-state index is 13.0. The molecule has 0 radical (unpaired) electrons. The number of rotatable bonds is 13. The first-order chi connectivity index (χ1) is 25.9. The van der Waals surface area contributed by atoms with E-state index in [-0.39, 0.29) is 30.5 Å². The molecule has 3 aliphatic rings. The summed E-state index contributed by atoms with van der Waals surface area (Å²) < 4.78 is 6.14.